The molecule has 1 fully saturated rings. The number of rotatable bonds is 5. The number of benzene rings is 4. The monoisotopic (exact) mass is 527 g/mol. The SMILES string of the molecule is CC(=O)c1cccc(C(=O)O)c1.COc1ccc2c3c(c4cc(OC)c(OC)cc4c2c1)CN1CCC[C@H]1C3. The summed E-state index contributed by atoms with van der Waals surface area (Å²) in [6, 6.07) is 17.4. The number of hydrogen-bond donors (Lipinski definition) is 1. The Balaban J connectivity index is 0.000000217. The Kier molecular flexibility index (Phi) is 7.44. The van der Waals surface area contributed by atoms with Crippen molar-refractivity contribution in [2.75, 3.05) is 27.9 Å². The Morgan fingerprint density at radius 3 is 2.18 bits per heavy atom. The predicted molar refractivity (Wildman–Crippen MR) is 152 cm³/mol. The van der Waals surface area contributed by atoms with E-state index in [1.165, 1.54) is 71.1 Å². The first-order valence-corrected chi connectivity index (χ1v) is 13.1. The molecule has 1 atom stereocenters. The number of carbonyl (C=O) groups is 2. The summed E-state index contributed by atoms with van der Waals surface area (Å²) < 4.78 is 16.7. The van der Waals surface area contributed by atoms with E-state index in [1.807, 2.05) is 0 Å². The van der Waals surface area contributed by atoms with E-state index in [-0.39, 0.29) is 11.3 Å². The fourth-order valence-corrected chi connectivity index (χ4v) is 5.87. The van der Waals surface area contributed by atoms with Gasteiger partial charge in [0.15, 0.2) is 17.3 Å². The van der Waals surface area contributed by atoms with Gasteiger partial charge in [-0.3, -0.25) is 9.69 Å². The van der Waals surface area contributed by atoms with Gasteiger partial charge in [-0.2, -0.15) is 0 Å². The van der Waals surface area contributed by atoms with Crippen molar-refractivity contribution >= 4 is 33.3 Å². The highest BCUT2D eigenvalue weighted by Crippen LogP contribution is 2.44. The summed E-state index contributed by atoms with van der Waals surface area (Å²) >= 11 is 0. The highest BCUT2D eigenvalue weighted by Gasteiger charge is 2.32. The molecule has 2 aliphatic heterocycles. The van der Waals surface area contributed by atoms with Gasteiger partial charge in [0.05, 0.1) is 26.9 Å². The molecule has 4 aromatic carbocycles. The summed E-state index contributed by atoms with van der Waals surface area (Å²) in [7, 11) is 5.12. The Labute approximate surface area is 227 Å². The number of carbonyl (C=O) groups excluding carboxylic acids is 1. The average molecular weight is 528 g/mol. The van der Waals surface area contributed by atoms with E-state index in [1.54, 1.807) is 33.5 Å². The van der Waals surface area contributed by atoms with Crippen LogP contribution in [0.15, 0.2) is 54.6 Å². The Morgan fingerprint density at radius 2 is 1.51 bits per heavy atom. The average Bonchev–Trinajstić information content (AvgIpc) is 3.43. The first-order valence-electron chi connectivity index (χ1n) is 13.1. The van der Waals surface area contributed by atoms with Gasteiger partial charge in [-0.15, -0.1) is 0 Å². The van der Waals surface area contributed by atoms with Gasteiger partial charge >= 0.3 is 5.97 Å². The summed E-state index contributed by atoms with van der Waals surface area (Å²) in [5, 5.41) is 13.6. The fraction of sp³-hybridized carbons (Fsp3) is 0.312. The number of ketones is 1. The minimum Gasteiger partial charge on any atom is -0.497 e. The summed E-state index contributed by atoms with van der Waals surface area (Å²) in [4.78, 5) is 23.9. The lowest BCUT2D eigenvalue weighted by atomic mass is 9.85. The molecule has 0 bridgehead atoms. The highest BCUT2D eigenvalue weighted by molar-refractivity contribution is 6.12. The zero-order valence-corrected chi connectivity index (χ0v) is 22.7. The molecule has 1 N–H and O–H groups in total. The van der Waals surface area contributed by atoms with Gasteiger partial charge in [0, 0.05) is 18.2 Å². The molecule has 202 valence electrons. The molecular formula is C32H33NO6. The second-order valence-corrected chi connectivity index (χ2v) is 10.0. The molecule has 6 rings (SSSR count). The number of aromatic carboxylic acids is 1. The molecular weight excluding hydrogens is 494 g/mol. The molecule has 0 radical (unpaired) electrons. The lowest BCUT2D eigenvalue weighted by Gasteiger charge is -2.33. The number of Topliss-reactive ketones (excluding diaryl/α,β-unsaturated/α-hetero) is 1. The number of nitrogens with zero attached hydrogens (tertiary/aromatic N) is 1. The van der Waals surface area contributed by atoms with E-state index in [2.05, 4.69) is 35.2 Å². The van der Waals surface area contributed by atoms with E-state index in [4.69, 9.17) is 19.3 Å². The minimum atomic E-state index is -1.02. The van der Waals surface area contributed by atoms with E-state index < -0.39 is 5.97 Å². The van der Waals surface area contributed by atoms with Crippen molar-refractivity contribution in [3.8, 4) is 17.2 Å². The van der Waals surface area contributed by atoms with Crippen LogP contribution in [0.25, 0.3) is 21.5 Å². The van der Waals surface area contributed by atoms with Crippen LogP contribution >= 0.6 is 0 Å². The number of ether oxygens (including phenoxy) is 3. The van der Waals surface area contributed by atoms with Gasteiger partial charge in [-0.25, -0.2) is 4.79 Å². The molecule has 7 nitrogen and oxygen atoms in total. The second-order valence-electron chi connectivity index (χ2n) is 10.0. The van der Waals surface area contributed by atoms with Gasteiger partial charge in [0.2, 0.25) is 0 Å². The van der Waals surface area contributed by atoms with Crippen LogP contribution < -0.4 is 14.2 Å². The van der Waals surface area contributed by atoms with Crippen molar-refractivity contribution in [3.63, 3.8) is 0 Å². The molecule has 2 aliphatic rings. The van der Waals surface area contributed by atoms with Crippen LogP contribution in [0.4, 0.5) is 0 Å². The van der Waals surface area contributed by atoms with Gasteiger partial charge in [0.1, 0.15) is 5.75 Å². The lowest BCUT2D eigenvalue weighted by Crippen LogP contribution is -2.35. The van der Waals surface area contributed by atoms with E-state index in [9.17, 15) is 9.59 Å². The standard InChI is InChI=1S/C23H25NO3.C9H8O3/c1-25-15-6-7-16-17-9-14-5-4-8-24(14)13-21(17)20-12-23(27-3)22(26-2)11-19(20)18(16)10-15;1-6(10)7-3-2-4-8(5-7)9(11)12/h6-7,10-12,14H,4-5,8-9,13H2,1-3H3;2-5H,1H3,(H,11,12)/t14-;/m0./s1. The van der Waals surface area contributed by atoms with Gasteiger partial charge < -0.3 is 19.3 Å². The van der Waals surface area contributed by atoms with Crippen LogP contribution in [0.5, 0.6) is 17.2 Å². The third kappa shape index (κ3) is 5.02. The van der Waals surface area contributed by atoms with Crippen LogP contribution in [0.3, 0.4) is 0 Å². The summed E-state index contributed by atoms with van der Waals surface area (Å²) in [6.07, 6.45) is 3.74. The Morgan fingerprint density at radius 1 is 0.821 bits per heavy atom. The van der Waals surface area contributed by atoms with Crippen molar-refractivity contribution in [3.05, 3.63) is 76.9 Å². The summed E-state index contributed by atoms with van der Waals surface area (Å²) in [6.45, 7) is 3.63. The number of hydrogen-bond acceptors (Lipinski definition) is 6. The van der Waals surface area contributed by atoms with E-state index in [0.717, 1.165) is 30.2 Å². The molecule has 4 aromatic rings. The number of carboxylic acid groups (broad SMARTS) is 1. The third-order valence-corrected chi connectivity index (χ3v) is 7.87. The van der Waals surface area contributed by atoms with Crippen LogP contribution in [-0.4, -0.2) is 55.7 Å². The highest BCUT2D eigenvalue weighted by atomic mass is 16.5. The molecule has 7 heteroatoms. The molecule has 0 unspecified atom stereocenters. The van der Waals surface area contributed by atoms with Crippen LogP contribution in [0, 0.1) is 0 Å². The van der Waals surface area contributed by atoms with Crippen molar-refractivity contribution in [2.45, 2.75) is 38.8 Å². The normalized spacial score (nSPS) is 16.2. The Hall–Kier alpha value is -4.10. The topological polar surface area (TPSA) is 85.3 Å². The van der Waals surface area contributed by atoms with Crippen LogP contribution in [0.1, 0.15) is 51.6 Å². The molecule has 0 aromatic heterocycles. The van der Waals surface area contributed by atoms with Crippen molar-refractivity contribution in [2.24, 2.45) is 0 Å². The van der Waals surface area contributed by atoms with E-state index >= 15 is 0 Å². The zero-order chi connectivity index (χ0) is 27.7. The fourth-order valence-electron chi connectivity index (χ4n) is 5.87. The van der Waals surface area contributed by atoms with Crippen molar-refractivity contribution in [1.29, 1.82) is 0 Å². The maximum atomic E-state index is 10.8. The lowest BCUT2D eigenvalue weighted by molar-refractivity contribution is 0.0697. The zero-order valence-electron chi connectivity index (χ0n) is 22.7. The number of methoxy groups -OCH3 is 3. The third-order valence-electron chi connectivity index (χ3n) is 7.87. The maximum Gasteiger partial charge on any atom is 0.335 e. The molecule has 0 spiro atoms. The Bertz CT molecular complexity index is 1550. The van der Waals surface area contributed by atoms with Crippen molar-refractivity contribution < 1.29 is 28.9 Å². The molecule has 0 aliphatic carbocycles. The molecule has 0 amide bonds. The molecule has 39 heavy (non-hydrogen) atoms. The largest absolute Gasteiger partial charge is 0.497 e. The molecule has 1 saturated heterocycles. The minimum absolute atomic E-state index is 0.127. The van der Waals surface area contributed by atoms with Gasteiger partial charge in [-0.05, 0) is 102 Å². The smallest absolute Gasteiger partial charge is 0.335 e. The van der Waals surface area contributed by atoms with Gasteiger partial charge in [-0.1, -0.05) is 18.2 Å². The molecule has 2 heterocycles. The van der Waals surface area contributed by atoms with Crippen molar-refractivity contribution in [1.82, 2.24) is 4.90 Å². The number of fused-ring (bicyclic) bond motifs is 7. The number of carboxylic acids is 1. The second kappa shape index (κ2) is 10.9. The molecule has 0 saturated carbocycles. The predicted octanol–water partition coefficient (Wildman–Crippen LogP) is 6.13. The van der Waals surface area contributed by atoms with Crippen LogP contribution in [0.2, 0.25) is 0 Å². The van der Waals surface area contributed by atoms with Crippen LogP contribution in [-0.2, 0) is 13.0 Å². The summed E-state index contributed by atoms with van der Waals surface area (Å²) in [5.74, 6) is 1.30. The van der Waals surface area contributed by atoms with E-state index in [0.29, 0.717) is 11.6 Å². The maximum absolute atomic E-state index is 10.8. The quantitative estimate of drug-likeness (QED) is 0.247. The summed E-state index contributed by atoms with van der Waals surface area (Å²) in [5.41, 5.74) is 3.51. The first kappa shape index (κ1) is 26.5. The van der Waals surface area contributed by atoms with Gasteiger partial charge in [0.25, 0.3) is 0 Å². The first-order chi connectivity index (χ1) is 18.8.